The van der Waals surface area contributed by atoms with Crippen molar-refractivity contribution in [2.24, 2.45) is 0 Å². The van der Waals surface area contributed by atoms with Crippen molar-refractivity contribution in [2.45, 2.75) is 0 Å². The largest absolute Gasteiger partial charge is 0.497 e. The van der Waals surface area contributed by atoms with Gasteiger partial charge in [-0.3, -0.25) is 4.79 Å². The first-order chi connectivity index (χ1) is 8.61. The molecule has 2 aromatic rings. The molecule has 5 heteroatoms. The van der Waals surface area contributed by atoms with Crippen LogP contribution in [-0.2, 0) is 0 Å². The van der Waals surface area contributed by atoms with Gasteiger partial charge in [0.05, 0.1) is 7.11 Å². The summed E-state index contributed by atoms with van der Waals surface area (Å²) in [5.74, 6) is 0.449. The Morgan fingerprint density at radius 1 is 1.16 bits per heavy atom. The lowest BCUT2D eigenvalue weighted by Gasteiger charge is -2.07. The van der Waals surface area contributed by atoms with E-state index in [-0.39, 0.29) is 18.2 Å². The van der Waals surface area contributed by atoms with Gasteiger partial charge in [-0.15, -0.1) is 12.4 Å². The molecule has 0 fully saturated rings. The van der Waals surface area contributed by atoms with Crippen molar-refractivity contribution in [1.82, 2.24) is 0 Å². The molecule has 0 saturated carbocycles. The molecule has 2 aromatic carbocycles. The third-order valence-electron chi connectivity index (χ3n) is 2.61. The highest BCUT2D eigenvalue weighted by molar-refractivity contribution is 6.30. The topological polar surface area (TPSA) is 52.3 Å². The van der Waals surface area contributed by atoms with Gasteiger partial charge in [0, 0.05) is 21.8 Å². The van der Waals surface area contributed by atoms with E-state index in [2.05, 4.69) is 0 Å². The summed E-state index contributed by atoms with van der Waals surface area (Å²) in [6.45, 7) is 0. The maximum Gasteiger partial charge on any atom is 0.195 e. The molecular weight excluding hydrogens is 285 g/mol. The van der Waals surface area contributed by atoms with Gasteiger partial charge in [0.15, 0.2) is 5.78 Å². The zero-order valence-electron chi connectivity index (χ0n) is 10.2. The fourth-order valence-electron chi connectivity index (χ4n) is 1.62. The summed E-state index contributed by atoms with van der Waals surface area (Å²) in [6, 6.07) is 11.7. The predicted molar refractivity (Wildman–Crippen MR) is 79.5 cm³/mol. The average molecular weight is 298 g/mol. The summed E-state index contributed by atoms with van der Waals surface area (Å²) in [4.78, 5) is 12.3. The van der Waals surface area contributed by atoms with E-state index in [0.717, 1.165) is 0 Å². The number of carbonyl (C=O) groups excluding carboxylic acids is 1. The smallest absolute Gasteiger partial charge is 0.195 e. The number of benzene rings is 2. The number of hydrogen-bond acceptors (Lipinski definition) is 3. The molecule has 2 N–H and O–H groups in total. The Hall–Kier alpha value is -1.71. The number of methoxy groups -OCH3 is 1. The van der Waals surface area contributed by atoms with E-state index >= 15 is 0 Å². The number of ether oxygens (including phenoxy) is 1. The Morgan fingerprint density at radius 3 is 2.37 bits per heavy atom. The molecular formula is C14H13Cl2NO2. The lowest BCUT2D eigenvalue weighted by molar-refractivity contribution is 0.103. The molecule has 100 valence electrons. The molecule has 3 nitrogen and oxygen atoms in total. The lowest BCUT2D eigenvalue weighted by atomic mass is 10.0. The zero-order chi connectivity index (χ0) is 13.1. The van der Waals surface area contributed by atoms with E-state index in [9.17, 15) is 4.79 Å². The summed E-state index contributed by atoms with van der Waals surface area (Å²) in [5, 5.41) is 0.588. The number of nitrogens with two attached hydrogens (primary N) is 1. The Bertz CT molecular complexity index is 582. The number of halogens is 2. The molecule has 0 spiro atoms. The molecule has 19 heavy (non-hydrogen) atoms. The van der Waals surface area contributed by atoms with Gasteiger partial charge in [-0.1, -0.05) is 11.6 Å². The Kier molecular flexibility index (Phi) is 5.21. The van der Waals surface area contributed by atoms with Crippen LogP contribution < -0.4 is 10.5 Å². The summed E-state index contributed by atoms with van der Waals surface area (Å²) in [7, 11) is 1.54. The van der Waals surface area contributed by atoms with Crippen LogP contribution >= 0.6 is 24.0 Å². The van der Waals surface area contributed by atoms with Gasteiger partial charge < -0.3 is 10.5 Å². The van der Waals surface area contributed by atoms with Gasteiger partial charge in [0.1, 0.15) is 5.75 Å². The van der Waals surface area contributed by atoms with Crippen LogP contribution in [0.4, 0.5) is 5.69 Å². The predicted octanol–water partition coefficient (Wildman–Crippen LogP) is 3.58. The number of nitrogen functional groups attached to an aromatic ring is 1. The second kappa shape index (κ2) is 6.45. The van der Waals surface area contributed by atoms with Gasteiger partial charge in [-0.25, -0.2) is 0 Å². The highest BCUT2D eigenvalue weighted by atomic mass is 35.5. The van der Waals surface area contributed by atoms with Crippen LogP contribution in [0.5, 0.6) is 5.75 Å². The molecule has 0 bridgehead atoms. The first-order valence-corrected chi connectivity index (χ1v) is 5.73. The van der Waals surface area contributed by atoms with Gasteiger partial charge in [-0.2, -0.15) is 0 Å². The molecule has 0 atom stereocenters. The number of carbonyl (C=O) groups is 1. The third kappa shape index (κ3) is 3.40. The molecule has 0 aliphatic rings. The van der Waals surface area contributed by atoms with Gasteiger partial charge >= 0.3 is 0 Å². The van der Waals surface area contributed by atoms with Crippen LogP contribution in [-0.4, -0.2) is 12.9 Å². The van der Waals surface area contributed by atoms with Crippen molar-refractivity contribution < 1.29 is 9.53 Å². The number of rotatable bonds is 3. The molecule has 0 aromatic heterocycles. The van der Waals surface area contributed by atoms with E-state index in [0.29, 0.717) is 27.6 Å². The second-order valence-corrected chi connectivity index (χ2v) is 4.23. The minimum Gasteiger partial charge on any atom is -0.497 e. The van der Waals surface area contributed by atoms with Crippen molar-refractivity contribution in [3.05, 3.63) is 58.6 Å². The second-order valence-electron chi connectivity index (χ2n) is 3.79. The Morgan fingerprint density at radius 2 is 1.79 bits per heavy atom. The summed E-state index contributed by atoms with van der Waals surface area (Å²) in [6.07, 6.45) is 0. The Labute approximate surface area is 122 Å². The normalized spacial score (nSPS) is 9.58. The van der Waals surface area contributed by atoms with Crippen LogP contribution in [0.25, 0.3) is 0 Å². The maximum absolute atomic E-state index is 12.3. The van der Waals surface area contributed by atoms with Gasteiger partial charge in [-0.05, 0) is 42.5 Å². The molecule has 0 radical (unpaired) electrons. The lowest BCUT2D eigenvalue weighted by Crippen LogP contribution is -2.05. The monoisotopic (exact) mass is 297 g/mol. The number of anilines is 1. The minimum absolute atomic E-state index is 0. The first-order valence-electron chi connectivity index (χ1n) is 5.35. The van der Waals surface area contributed by atoms with Crippen LogP contribution in [0.15, 0.2) is 42.5 Å². The highest BCUT2D eigenvalue weighted by Crippen LogP contribution is 2.23. The maximum atomic E-state index is 12.3. The van der Waals surface area contributed by atoms with Crippen molar-refractivity contribution in [1.29, 1.82) is 0 Å². The minimum atomic E-state index is -0.150. The molecule has 0 saturated heterocycles. The summed E-state index contributed by atoms with van der Waals surface area (Å²) >= 11 is 5.79. The summed E-state index contributed by atoms with van der Waals surface area (Å²) in [5.41, 5.74) is 7.21. The van der Waals surface area contributed by atoms with Crippen molar-refractivity contribution in [3.63, 3.8) is 0 Å². The van der Waals surface area contributed by atoms with Crippen molar-refractivity contribution in [2.75, 3.05) is 12.8 Å². The zero-order valence-corrected chi connectivity index (χ0v) is 11.8. The van der Waals surface area contributed by atoms with Gasteiger partial charge in [0.25, 0.3) is 0 Å². The van der Waals surface area contributed by atoms with E-state index < -0.39 is 0 Å². The highest BCUT2D eigenvalue weighted by Gasteiger charge is 2.13. The van der Waals surface area contributed by atoms with E-state index in [1.54, 1.807) is 49.6 Å². The van der Waals surface area contributed by atoms with E-state index in [1.807, 2.05) is 0 Å². The number of hydrogen-bond donors (Lipinski definition) is 1. The SMILES string of the molecule is COc1ccc(N)c(C(=O)c2ccc(Cl)cc2)c1.Cl. The van der Waals surface area contributed by atoms with Crippen LogP contribution in [0.1, 0.15) is 15.9 Å². The molecule has 2 rings (SSSR count). The summed E-state index contributed by atoms with van der Waals surface area (Å²) < 4.78 is 5.09. The van der Waals surface area contributed by atoms with Crippen LogP contribution in [0.3, 0.4) is 0 Å². The molecule has 0 unspecified atom stereocenters. The molecule has 0 heterocycles. The number of ketones is 1. The van der Waals surface area contributed by atoms with E-state index in [4.69, 9.17) is 22.1 Å². The molecule has 0 aliphatic heterocycles. The third-order valence-corrected chi connectivity index (χ3v) is 2.86. The van der Waals surface area contributed by atoms with Crippen molar-refractivity contribution in [3.8, 4) is 5.75 Å². The molecule has 0 amide bonds. The fourth-order valence-corrected chi connectivity index (χ4v) is 1.74. The first kappa shape index (κ1) is 15.3. The molecule has 0 aliphatic carbocycles. The van der Waals surface area contributed by atoms with Crippen molar-refractivity contribution >= 4 is 35.5 Å². The van der Waals surface area contributed by atoms with Gasteiger partial charge in [0.2, 0.25) is 0 Å². The fraction of sp³-hybridized carbons (Fsp3) is 0.0714. The van der Waals surface area contributed by atoms with E-state index in [1.165, 1.54) is 0 Å². The standard InChI is InChI=1S/C14H12ClNO2.ClH/c1-18-11-6-7-13(16)12(8-11)14(17)9-2-4-10(15)5-3-9;/h2-8H,16H2,1H3;1H. The van der Waals surface area contributed by atoms with Crippen LogP contribution in [0.2, 0.25) is 5.02 Å². The average Bonchev–Trinajstić information content (AvgIpc) is 2.39. The van der Waals surface area contributed by atoms with Crippen LogP contribution in [0, 0.1) is 0 Å². The quantitative estimate of drug-likeness (QED) is 0.696. The Balaban J connectivity index is 0.00000180.